The maximum atomic E-state index is 11.9. The van der Waals surface area contributed by atoms with E-state index in [1.165, 1.54) is 7.11 Å². The molecule has 1 fully saturated rings. The van der Waals surface area contributed by atoms with Crippen LogP contribution in [0.3, 0.4) is 0 Å². The number of ether oxygens (including phenoxy) is 1. The predicted octanol–water partition coefficient (Wildman–Crippen LogP) is 0.574. The largest absolute Gasteiger partial charge is 0.491 e. The first-order valence-corrected chi connectivity index (χ1v) is 7.27. The molecule has 2 heterocycles. The van der Waals surface area contributed by atoms with Crippen molar-refractivity contribution in [2.24, 2.45) is 11.7 Å². The van der Waals surface area contributed by atoms with Crippen LogP contribution in [0.5, 0.6) is 5.75 Å². The Morgan fingerprint density at radius 3 is 2.67 bits per heavy atom. The number of methoxy groups -OCH3 is 1. The molecule has 0 bridgehead atoms. The number of aromatic nitrogens is 1. The molecule has 116 valence electrons. The monoisotopic (exact) mass is 293 g/mol. The Morgan fingerprint density at radius 2 is 2.10 bits per heavy atom. The number of rotatable bonds is 5. The first kappa shape index (κ1) is 15.6. The number of amides is 1. The van der Waals surface area contributed by atoms with Gasteiger partial charge in [0.1, 0.15) is 6.54 Å². The number of carbonyl (C=O) groups excluding carboxylic acids is 1. The Bertz CT molecular complexity index is 560. The molecular weight excluding hydrogens is 270 g/mol. The minimum atomic E-state index is -0.436. The molecule has 1 aliphatic heterocycles. The summed E-state index contributed by atoms with van der Waals surface area (Å²) < 4.78 is 6.74. The van der Waals surface area contributed by atoms with Crippen LogP contribution in [0.2, 0.25) is 0 Å². The maximum Gasteiger partial charge on any atom is 0.237 e. The fourth-order valence-corrected chi connectivity index (χ4v) is 2.65. The van der Waals surface area contributed by atoms with Crippen LogP contribution in [-0.2, 0) is 17.9 Å². The number of carbonyl (C=O) groups is 1. The van der Waals surface area contributed by atoms with Gasteiger partial charge in [-0.2, -0.15) is 0 Å². The summed E-state index contributed by atoms with van der Waals surface area (Å²) in [5, 5.41) is 0. The Kier molecular flexibility index (Phi) is 5.01. The average molecular weight is 293 g/mol. The van der Waals surface area contributed by atoms with Crippen molar-refractivity contribution in [1.82, 2.24) is 9.47 Å². The van der Waals surface area contributed by atoms with Crippen LogP contribution in [0.4, 0.5) is 0 Å². The number of pyridine rings is 1. The molecule has 0 aliphatic carbocycles. The fraction of sp³-hybridized carbons (Fsp3) is 0.600. The lowest BCUT2D eigenvalue weighted by Crippen LogP contribution is -2.34. The van der Waals surface area contributed by atoms with Gasteiger partial charge in [0.2, 0.25) is 11.3 Å². The lowest BCUT2D eigenvalue weighted by atomic mass is 9.99. The van der Waals surface area contributed by atoms with Crippen LogP contribution in [0.15, 0.2) is 17.1 Å². The van der Waals surface area contributed by atoms with Gasteiger partial charge in [0.15, 0.2) is 5.75 Å². The van der Waals surface area contributed by atoms with Gasteiger partial charge < -0.3 is 15.0 Å². The second kappa shape index (κ2) is 6.76. The SMILES string of the molecule is COc1cn(CC(N)=O)c(CN2CCC(C)CC2)cc1=O. The summed E-state index contributed by atoms with van der Waals surface area (Å²) in [7, 11) is 1.44. The standard InChI is InChI=1S/C15H23N3O3/c1-11-3-5-17(6-4-11)8-12-7-13(19)14(21-2)9-18(12)10-15(16)20/h7,9,11H,3-6,8,10H2,1-2H3,(H2,16,20). The molecule has 2 N–H and O–H groups in total. The van der Waals surface area contributed by atoms with E-state index in [-0.39, 0.29) is 17.7 Å². The number of likely N-dealkylation sites (tertiary alicyclic amines) is 1. The summed E-state index contributed by atoms with van der Waals surface area (Å²) in [4.78, 5) is 25.4. The van der Waals surface area contributed by atoms with Crippen molar-refractivity contribution in [3.8, 4) is 5.75 Å². The quantitative estimate of drug-likeness (QED) is 0.861. The van der Waals surface area contributed by atoms with Gasteiger partial charge >= 0.3 is 0 Å². The minimum Gasteiger partial charge on any atom is -0.491 e. The molecule has 21 heavy (non-hydrogen) atoms. The van der Waals surface area contributed by atoms with Gasteiger partial charge in [-0.1, -0.05) is 6.92 Å². The Balaban J connectivity index is 2.22. The van der Waals surface area contributed by atoms with Gasteiger partial charge in [-0.15, -0.1) is 0 Å². The highest BCUT2D eigenvalue weighted by Crippen LogP contribution is 2.18. The minimum absolute atomic E-state index is 0.0518. The summed E-state index contributed by atoms with van der Waals surface area (Å²) in [5.74, 6) is 0.548. The zero-order chi connectivity index (χ0) is 15.4. The summed E-state index contributed by atoms with van der Waals surface area (Å²) in [5.41, 5.74) is 5.91. The van der Waals surface area contributed by atoms with Crippen LogP contribution in [0.25, 0.3) is 0 Å². The van der Waals surface area contributed by atoms with Crippen LogP contribution < -0.4 is 15.9 Å². The highest BCUT2D eigenvalue weighted by molar-refractivity contribution is 5.73. The lowest BCUT2D eigenvalue weighted by molar-refractivity contribution is -0.118. The Labute approximate surface area is 124 Å². The Hall–Kier alpha value is -1.82. The van der Waals surface area contributed by atoms with Crippen molar-refractivity contribution < 1.29 is 9.53 Å². The summed E-state index contributed by atoms with van der Waals surface area (Å²) in [6, 6.07) is 1.54. The molecule has 0 atom stereocenters. The van der Waals surface area contributed by atoms with E-state index in [0.29, 0.717) is 6.54 Å². The smallest absolute Gasteiger partial charge is 0.237 e. The highest BCUT2D eigenvalue weighted by atomic mass is 16.5. The van der Waals surface area contributed by atoms with Crippen LogP contribution in [0, 0.1) is 5.92 Å². The fourth-order valence-electron chi connectivity index (χ4n) is 2.65. The molecule has 0 saturated carbocycles. The normalized spacial score (nSPS) is 16.9. The number of hydrogen-bond acceptors (Lipinski definition) is 4. The van der Waals surface area contributed by atoms with Crippen LogP contribution in [0.1, 0.15) is 25.5 Å². The molecule has 1 saturated heterocycles. The maximum absolute atomic E-state index is 11.9. The van der Waals surface area contributed by atoms with Crippen molar-refractivity contribution in [1.29, 1.82) is 0 Å². The molecule has 2 rings (SSSR count). The third-order valence-electron chi connectivity index (χ3n) is 3.99. The molecule has 6 heteroatoms. The lowest BCUT2D eigenvalue weighted by Gasteiger charge is -2.30. The molecule has 0 unspecified atom stereocenters. The molecule has 0 radical (unpaired) electrons. The van der Waals surface area contributed by atoms with Gasteiger partial charge in [0, 0.05) is 18.3 Å². The molecule has 1 aliphatic rings. The molecule has 6 nitrogen and oxygen atoms in total. The van der Waals surface area contributed by atoms with E-state index in [1.54, 1.807) is 16.8 Å². The molecule has 1 aromatic rings. The van der Waals surface area contributed by atoms with E-state index in [9.17, 15) is 9.59 Å². The highest BCUT2D eigenvalue weighted by Gasteiger charge is 2.18. The second-order valence-corrected chi connectivity index (χ2v) is 5.75. The number of hydrogen-bond donors (Lipinski definition) is 1. The van der Waals surface area contributed by atoms with E-state index >= 15 is 0 Å². The second-order valence-electron chi connectivity index (χ2n) is 5.75. The van der Waals surface area contributed by atoms with E-state index in [2.05, 4.69) is 11.8 Å². The van der Waals surface area contributed by atoms with E-state index in [1.807, 2.05) is 0 Å². The number of piperidine rings is 1. The van der Waals surface area contributed by atoms with E-state index in [0.717, 1.165) is 37.5 Å². The number of primary amides is 1. The summed E-state index contributed by atoms with van der Waals surface area (Å²) >= 11 is 0. The molecule has 0 aromatic carbocycles. The third-order valence-corrected chi connectivity index (χ3v) is 3.99. The van der Waals surface area contributed by atoms with Crippen molar-refractivity contribution in [2.75, 3.05) is 20.2 Å². The summed E-state index contributed by atoms with van der Waals surface area (Å²) in [6.45, 7) is 4.99. The zero-order valence-corrected chi connectivity index (χ0v) is 12.7. The molecule has 1 amide bonds. The topological polar surface area (TPSA) is 77.6 Å². The van der Waals surface area contributed by atoms with Crippen LogP contribution in [-0.4, -0.2) is 35.6 Å². The molecule has 0 spiro atoms. The van der Waals surface area contributed by atoms with Crippen LogP contribution >= 0.6 is 0 Å². The number of nitrogens with two attached hydrogens (primary N) is 1. The van der Waals surface area contributed by atoms with E-state index < -0.39 is 5.91 Å². The van der Waals surface area contributed by atoms with Gasteiger partial charge in [-0.3, -0.25) is 14.5 Å². The first-order valence-electron chi connectivity index (χ1n) is 7.27. The van der Waals surface area contributed by atoms with Crippen molar-refractivity contribution in [3.05, 3.63) is 28.2 Å². The number of nitrogens with zero attached hydrogens (tertiary/aromatic N) is 2. The summed E-state index contributed by atoms with van der Waals surface area (Å²) in [6.07, 6.45) is 3.89. The van der Waals surface area contributed by atoms with Crippen molar-refractivity contribution in [3.63, 3.8) is 0 Å². The molecular formula is C15H23N3O3. The predicted molar refractivity (Wildman–Crippen MR) is 80.1 cm³/mol. The van der Waals surface area contributed by atoms with Crippen molar-refractivity contribution >= 4 is 5.91 Å². The van der Waals surface area contributed by atoms with Gasteiger partial charge in [0.25, 0.3) is 0 Å². The van der Waals surface area contributed by atoms with Crippen molar-refractivity contribution in [2.45, 2.75) is 32.9 Å². The van der Waals surface area contributed by atoms with Gasteiger partial charge in [0.05, 0.1) is 13.3 Å². The Morgan fingerprint density at radius 1 is 1.43 bits per heavy atom. The first-order chi connectivity index (χ1) is 9.99. The van der Waals surface area contributed by atoms with Gasteiger partial charge in [-0.25, -0.2) is 0 Å². The molecule has 1 aromatic heterocycles. The zero-order valence-electron chi connectivity index (χ0n) is 12.7. The van der Waals surface area contributed by atoms with Gasteiger partial charge in [-0.05, 0) is 31.8 Å². The third kappa shape index (κ3) is 4.07. The average Bonchev–Trinajstić information content (AvgIpc) is 2.43. The van der Waals surface area contributed by atoms with E-state index in [4.69, 9.17) is 10.5 Å².